The Hall–Kier alpha value is -3.75. The lowest BCUT2D eigenvalue weighted by atomic mass is 10.1. The molecule has 0 aliphatic carbocycles. The van der Waals surface area contributed by atoms with E-state index in [0.29, 0.717) is 22.8 Å². The van der Waals surface area contributed by atoms with Crippen molar-refractivity contribution in [2.45, 2.75) is 6.54 Å². The zero-order chi connectivity index (χ0) is 17.9. The SMILES string of the molecule is O=C1COc2cc(C(=O)NCc3nnnn3-c3ccccc3)ccc2N1. The second-order valence-electron chi connectivity index (χ2n) is 5.57. The van der Waals surface area contributed by atoms with Crippen LogP contribution in [0.3, 0.4) is 0 Å². The first kappa shape index (κ1) is 15.8. The van der Waals surface area contributed by atoms with Gasteiger partial charge in [0.15, 0.2) is 12.4 Å². The molecule has 0 spiro atoms. The number of tetrazole rings is 1. The van der Waals surface area contributed by atoms with E-state index in [1.165, 1.54) is 0 Å². The molecule has 0 atom stereocenters. The van der Waals surface area contributed by atoms with Gasteiger partial charge in [-0.15, -0.1) is 5.10 Å². The standard InChI is InChI=1S/C17H14N6O3/c24-16-10-26-14-8-11(6-7-13(14)19-16)17(25)18-9-15-20-21-22-23(15)12-4-2-1-3-5-12/h1-8H,9-10H2,(H,18,25)(H,19,24). The minimum atomic E-state index is -0.295. The predicted octanol–water partition coefficient (Wildman–Crippen LogP) is 0.923. The highest BCUT2D eigenvalue weighted by molar-refractivity contribution is 5.98. The van der Waals surface area contributed by atoms with Crippen molar-refractivity contribution >= 4 is 17.5 Å². The molecule has 0 radical (unpaired) electrons. The van der Waals surface area contributed by atoms with Crippen LogP contribution in [0.1, 0.15) is 16.2 Å². The quantitative estimate of drug-likeness (QED) is 0.724. The normalized spacial score (nSPS) is 12.7. The Morgan fingerprint density at radius 1 is 1.23 bits per heavy atom. The molecular formula is C17H14N6O3. The van der Waals surface area contributed by atoms with Crippen molar-refractivity contribution in [3.8, 4) is 11.4 Å². The van der Waals surface area contributed by atoms with E-state index in [-0.39, 0.29) is 25.0 Å². The smallest absolute Gasteiger partial charge is 0.262 e. The van der Waals surface area contributed by atoms with Crippen LogP contribution in [0.25, 0.3) is 5.69 Å². The first-order valence-corrected chi connectivity index (χ1v) is 7.88. The summed E-state index contributed by atoms with van der Waals surface area (Å²) in [5.41, 5.74) is 1.77. The Bertz CT molecular complexity index is 970. The molecule has 2 aromatic carbocycles. The summed E-state index contributed by atoms with van der Waals surface area (Å²) in [5, 5.41) is 17.0. The number of hydrogen-bond donors (Lipinski definition) is 2. The number of nitrogens with zero attached hydrogens (tertiary/aromatic N) is 4. The van der Waals surface area contributed by atoms with Crippen molar-refractivity contribution in [3.63, 3.8) is 0 Å². The average Bonchev–Trinajstić information content (AvgIpc) is 3.15. The molecule has 26 heavy (non-hydrogen) atoms. The fraction of sp³-hybridized carbons (Fsp3) is 0.118. The van der Waals surface area contributed by atoms with E-state index < -0.39 is 0 Å². The number of hydrogen-bond acceptors (Lipinski definition) is 6. The first-order valence-electron chi connectivity index (χ1n) is 7.88. The average molecular weight is 350 g/mol. The molecule has 0 fully saturated rings. The number of anilines is 1. The summed E-state index contributed by atoms with van der Waals surface area (Å²) in [6.07, 6.45) is 0. The van der Waals surface area contributed by atoms with Crippen LogP contribution in [0.5, 0.6) is 5.75 Å². The summed E-state index contributed by atoms with van der Waals surface area (Å²) in [4.78, 5) is 23.7. The molecule has 9 nitrogen and oxygen atoms in total. The molecule has 2 N–H and O–H groups in total. The van der Waals surface area contributed by atoms with Crippen molar-refractivity contribution in [3.05, 3.63) is 59.9 Å². The van der Waals surface area contributed by atoms with Gasteiger partial charge in [-0.05, 0) is 40.8 Å². The Balaban J connectivity index is 1.47. The predicted molar refractivity (Wildman–Crippen MR) is 90.9 cm³/mol. The van der Waals surface area contributed by atoms with Gasteiger partial charge < -0.3 is 15.4 Å². The molecule has 9 heteroatoms. The van der Waals surface area contributed by atoms with Crippen LogP contribution in [0, 0.1) is 0 Å². The molecule has 3 aromatic rings. The molecule has 2 heterocycles. The molecule has 0 saturated heterocycles. The van der Waals surface area contributed by atoms with Crippen molar-refractivity contribution in [1.82, 2.24) is 25.5 Å². The van der Waals surface area contributed by atoms with E-state index >= 15 is 0 Å². The van der Waals surface area contributed by atoms with Crippen LogP contribution >= 0.6 is 0 Å². The lowest BCUT2D eigenvalue weighted by Crippen LogP contribution is -2.27. The van der Waals surface area contributed by atoms with E-state index in [0.717, 1.165) is 5.69 Å². The van der Waals surface area contributed by atoms with E-state index in [9.17, 15) is 9.59 Å². The van der Waals surface area contributed by atoms with Crippen LogP contribution < -0.4 is 15.4 Å². The van der Waals surface area contributed by atoms with Gasteiger partial charge in [0.1, 0.15) is 5.75 Å². The van der Waals surface area contributed by atoms with Gasteiger partial charge in [0.05, 0.1) is 17.9 Å². The Kier molecular flexibility index (Phi) is 4.02. The van der Waals surface area contributed by atoms with Crippen LogP contribution in [-0.2, 0) is 11.3 Å². The van der Waals surface area contributed by atoms with Gasteiger partial charge in [-0.1, -0.05) is 18.2 Å². The number of aromatic nitrogens is 4. The van der Waals surface area contributed by atoms with Gasteiger partial charge in [-0.3, -0.25) is 9.59 Å². The zero-order valence-corrected chi connectivity index (χ0v) is 13.5. The number of amides is 2. The number of fused-ring (bicyclic) bond motifs is 1. The lowest BCUT2D eigenvalue weighted by molar-refractivity contribution is -0.118. The topological polar surface area (TPSA) is 111 Å². The number of nitrogens with one attached hydrogen (secondary N) is 2. The van der Waals surface area contributed by atoms with Gasteiger partial charge in [0, 0.05) is 5.56 Å². The van der Waals surface area contributed by atoms with Gasteiger partial charge >= 0.3 is 0 Å². The summed E-state index contributed by atoms with van der Waals surface area (Å²) in [6.45, 7) is 0.0966. The first-order chi connectivity index (χ1) is 12.7. The van der Waals surface area contributed by atoms with Crippen LogP contribution in [0.4, 0.5) is 5.69 Å². The molecular weight excluding hydrogens is 336 g/mol. The van der Waals surface area contributed by atoms with Gasteiger partial charge in [0.2, 0.25) is 0 Å². The summed E-state index contributed by atoms with van der Waals surface area (Å²) < 4.78 is 6.89. The number of benzene rings is 2. The number of carbonyl (C=O) groups excluding carboxylic acids is 2. The lowest BCUT2D eigenvalue weighted by Gasteiger charge is -2.18. The van der Waals surface area contributed by atoms with Crippen LogP contribution in [0.15, 0.2) is 48.5 Å². The molecule has 1 aliphatic rings. The summed E-state index contributed by atoms with van der Waals surface area (Å²) in [6, 6.07) is 14.2. The number of para-hydroxylation sites is 1. The second-order valence-corrected chi connectivity index (χ2v) is 5.57. The minimum Gasteiger partial charge on any atom is -0.482 e. The highest BCUT2D eigenvalue weighted by Gasteiger charge is 2.18. The Morgan fingerprint density at radius 2 is 2.08 bits per heavy atom. The maximum atomic E-state index is 12.4. The maximum absolute atomic E-state index is 12.4. The zero-order valence-electron chi connectivity index (χ0n) is 13.5. The minimum absolute atomic E-state index is 0.0656. The highest BCUT2D eigenvalue weighted by atomic mass is 16.5. The fourth-order valence-corrected chi connectivity index (χ4v) is 2.56. The highest BCUT2D eigenvalue weighted by Crippen LogP contribution is 2.28. The van der Waals surface area contributed by atoms with Crippen molar-refractivity contribution in [1.29, 1.82) is 0 Å². The van der Waals surface area contributed by atoms with Gasteiger partial charge in [-0.2, -0.15) is 4.68 Å². The maximum Gasteiger partial charge on any atom is 0.262 e. The monoisotopic (exact) mass is 350 g/mol. The number of rotatable bonds is 4. The van der Waals surface area contributed by atoms with E-state index in [4.69, 9.17) is 4.74 Å². The third-order valence-electron chi connectivity index (χ3n) is 3.82. The molecule has 130 valence electrons. The van der Waals surface area contributed by atoms with Crippen LogP contribution in [0.2, 0.25) is 0 Å². The molecule has 1 aromatic heterocycles. The number of carbonyl (C=O) groups is 2. The second kappa shape index (κ2) is 6.63. The van der Waals surface area contributed by atoms with Crippen molar-refractivity contribution in [2.75, 3.05) is 11.9 Å². The summed E-state index contributed by atoms with van der Waals surface area (Å²) in [7, 11) is 0. The molecule has 0 unspecified atom stereocenters. The van der Waals surface area contributed by atoms with Gasteiger partial charge in [-0.25, -0.2) is 0 Å². The third-order valence-corrected chi connectivity index (χ3v) is 3.82. The molecule has 1 aliphatic heterocycles. The molecule has 2 amide bonds. The third kappa shape index (κ3) is 3.09. The number of ether oxygens (including phenoxy) is 1. The Labute approximate surface area is 148 Å². The van der Waals surface area contributed by atoms with E-state index in [1.54, 1.807) is 22.9 Å². The largest absolute Gasteiger partial charge is 0.482 e. The van der Waals surface area contributed by atoms with E-state index in [2.05, 4.69) is 26.2 Å². The van der Waals surface area contributed by atoms with Crippen LogP contribution in [-0.4, -0.2) is 38.6 Å². The van der Waals surface area contributed by atoms with E-state index in [1.807, 2.05) is 30.3 Å². The van der Waals surface area contributed by atoms with Crippen molar-refractivity contribution in [2.24, 2.45) is 0 Å². The van der Waals surface area contributed by atoms with Crippen molar-refractivity contribution < 1.29 is 14.3 Å². The fourth-order valence-electron chi connectivity index (χ4n) is 2.56. The summed E-state index contributed by atoms with van der Waals surface area (Å²) >= 11 is 0. The Morgan fingerprint density at radius 3 is 2.92 bits per heavy atom. The summed E-state index contributed by atoms with van der Waals surface area (Å²) in [5.74, 6) is 0.454. The molecule has 0 saturated carbocycles. The van der Waals surface area contributed by atoms with Gasteiger partial charge in [0.25, 0.3) is 11.8 Å². The molecule has 0 bridgehead atoms. The molecule has 4 rings (SSSR count).